The van der Waals surface area contributed by atoms with Crippen LogP contribution in [-0.4, -0.2) is 24.2 Å². The maximum absolute atomic E-state index is 5.54. The molecule has 0 spiro atoms. The van der Waals surface area contributed by atoms with E-state index in [1.54, 1.807) is 14.2 Å². The van der Waals surface area contributed by atoms with Gasteiger partial charge in [0.1, 0.15) is 11.5 Å². The molecule has 4 heteroatoms. The van der Waals surface area contributed by atoms with E-state index in [-0.39, 0.29) is 11.3 Å². The Labute approximate surface area is 194 Å². The predicted octanol–water partition coefficient (Wildman–Crippen LogP) is 7.14. The van der Waals surface area contributed by atoms with Crippen LogP contribution in [0.1, 0.15) is 48.9 Å². The van der Waals surface area contributed by atoms with Crippen LogP contribution in [0.5, 0.6) is 11.5 Å². The number of methoxy groups -OCH3 is 2. The monoisotopic (exact) mass is 438 g/mol. The van der Waals surface area contributed by atoms with Crippen LogP contribution in [0.15, 0.2) is 73.1 Å². The zero-order chi connectivity index (χ0) is 23.2. The molecule has 4 nitrogen and oxygen atoms in total. The summed E-state index contributed by atoms with van der Waals surface area (Å²) in [5.74, 6) is 1.75. The Balaban J connectivity index is 1.75. The van der Waals surface area contributed by atoms with Gasteiger partial charge >= 0.3 is 0 Å². The van der Waals surface area contributed by atoms with E-state index in [4.69, 9.17) is 9.47 Å². The third kappa shape index (κ3) is 3.76. The van der Waals surface area contributed by atoms with E-state index < -0.39 is 0 Å². The van der Waals surface area contributed by atoms with E-state index >= 15 is 0 Å². The van der Waals surface area contributed by atoms with Crippen molar-refractivity contribution in [1.29, 1.82) is 0 Å². The van der Waals surface area contributed by atoms with Crippen LogP contribution in [0.3, 0.4) is 0 Å². The minimum atomic E-state index is 0.0423. The summed E-state index contributed by atoms with van der Waals surface area (Å²) in [4.78, 5) is 6.93. The molecule has 0 amide bonds. The topological polar surface area (TPSA) is 50.0 Å². The molecule has 0 saturated heterocycles. The number of fused-ring (bicyclic) bond motifs is 2. The van der Waals surface area contributed by atoms with Crippen molar-refractivity contribution < 1.29 is 9.47 Å². The van der Waals surface area contributed by atoms with Gasteiger partial charge in [-0.3, -0.25) is 0 Å². The maximum Gasteiger partial charge on any atom is 0.119 e. The van der Waals surface area contributed by atoms with Crippen LogP contribution < -0.4 is 9.47 Å². The summed E-state index contributed by atoms with van der Waals surface area (Å²) in [5, 5.41) is 2.33. The average molecular weight is 439 g/mol. The lowest BCUT2D eigenvalue weighted by Gasteiger charge is -2.22. The second kappa shape index (κ2) is 8.04. The highest BCUT2D eigenvalue weighted by Gasteiger charge is 2.24. The Hall–Kier alpha value is -3.66. The number of rotatable bonds is 5. The summed E-state index contributed by atoms with van der Waals surface area (Å²) >= 11 is 0. The Bertz CT molecular complexity index is 1340. The predicted molar refractivity (Wildman–Crippen MR) is 136 cm³/mol. The number of aromatic amines is 2. The number of H-pyrrole nitrogens is 2. The van der Waals surface area contributed by atoms with Crippen molar-refractivity contribution >= 4 is 21.8 Å². The molecule has 0 bridgehead atoms. The van der Waals surface area contributed by atoms with Crippen molar-refractivity contribution in [2.75, 3.05) is 14.2 Å². The summed E-state index contributed by atoms with van der Waals surface area (Å²) in [7, 11) is 3.42. The Morgan fingerprint density at radius 2 is 1.15 bits per heavy atom. The first-order valence-corrected chi connectivity index (χ1v) is 11.3. The SMILES string of the molecule is COc1ccc2[nH]cc(C(c3ccc(C(C)(C)C)cc3)c3c[nH]c4ccc(OC)cc34)c2c1. The number of hydrogen-bond acceptors (Lipinski definition) is 2. The summed E-state index contributed by atoms with van der Waals surface area (Å²) in [6.07, 6.45) is 4.26. The minimum Gasteiger partial charge on any atom is -0.497 e. The van der Waals surface area contributed by atoms with Crippen molar-refractivity contribution in [1.82, 2.24) is 9.97 Å². The largest absolute Gasteiger partial charge is 0.497 e. The lowest BCUT2D eigenvalue weighted by Crippen LogP contribution is -2.11. The van der Waals surface area contributed by atoms with Gasteiger partial charge in [-0.15, -0.1) is 0 Å². The first-order chi connectivity index (χ1) is 15.9. The molecule has 0 aliphatic carbocycles. The average Bonchev–Trinajstić information content (AvgIpc) is 3.43. The van der Waals surface area contributed by atoms with Gasteiger partial charge in [0.25, 0.3) is 0 Å². The molecule has 5 rings (SSSR count). The number of ether oxygens (including phenoxy) is 2. The Morgan fingerprint density at radius 3 is 1.58 bits per heavy atom. The number of hydrogen-bond donors (Lipinski definition) is 2. The van der Waals surface area contributed by atoms with Gasteiger partial charge in [-0.1, -0.05) is 45.0 Å². The molecule has 33 heavy (non-hydrogen) atoms. The van der Waals surface area contributed by atoms with Gasteiger partial charge in [-0.2, -0.15) is 0 Å². The molecule has 0 atom stereocenters. The molecule has 0 aliphatic rings. The van der Waals surface area contributed by atoms with E-state index in [0.717, 1.165) is 33.3 Å². The highest BCUT2D eigenvalue weighted by Crippen LogP contribution is 2.41. The molecule has 2 aromatic heterocycles. The second-order valence-corrected chi connectivity index (χ2v) is 9.62. The van der Waals surface area contributed by atoms with Gasteiger partial charge in [-0.25, -0.2) is 0 Å². The van der Waals surface area contributed by atoms with Crippen molar-refractivity contribution in [2.24, 2.45) is 0 Å². The summed E-state index contributed by atoms with van der Waals surface area (Å²) < 4.78 is 11.1. The zero-order valence-corrected chi connectivity index (χ0v) is 19.8. The lowest BCUT2D eigenvalue weighted by atomic mass is 9.82. The highest BCUT2D eigenvalue weighted by atomic mass is 16.5. The van der Waals surface area contributed by atoms with Gasteiger partial charge in [0, 0.05) is 40.1 Å². The molecule has 2 heterocycles. The van der Waals surface area contributed by atoms with Gasteiger partial charge < -0.3 is 19.4 Å². The fourth-order valence-corrected chi connectivity index (χ4v) is 4.68. The van der Waals surface area contributed by atoms with E-state index in [9.17, 15) is 0 Å². The van der Waals surface area contributed by atoms with Crippen molar-refractivity contribution in [2.45, 2.75) is 32.1 Å². The third-order valence-corrected chi connectivity index (χ3v) is 6.57. The van der Waals surface area contributed by atoms with E-state index in [1.807, 2.05) is 12.1 Å². The van der Waals surface area contributed by atoms with Gasteiger partial charge in [0.05, 0.1) is 14.2 Å². The fourth-order valence-electron chi connectivity index (χ4n) is 4.68. The van der Waals surface area contributed by atoms with Crippen LogP contribution in [0.25, 0.3) is 21.8 Å². The summed E-state index contributed by atoms with van der Waals surface area (Å²) in [5.41, 5.74) is 7.31. The molecule has 0 fully saturated rings. The van der Waals surface area contributed by atoms with Crippen molar-refractivity contribution in [3.8, 4) is 11.5 Å². The van der Waals surface area contributed by atoms with Gasteiger partial charge in [0.2, 0.25) is 0 Å². The third-order valence-electron chi connectivity index (χ3n) is 6.57. The first kappa shape index (κ1) is 21.2. The molecule has 0 radical (unpaired) electrons. The van der Waals surface area contributed by atoms with Crippen LogP contribution >= 0.6 is 0 Å². The van der Waals surface area contributed by atoms with Gasteiger partial charge in [-0.05, 0) is 64.1 Å². The molecule has 3 aromatic carbocycles. The van der Waals surface area contributed by atoms with Crippen LogP contribution in [-0.2, 0) is 5.41 Å². The number of nitrogens with one attached hydrogen (secondary N) is 2. The standard InChI is InChI=1S/C29H30N2O2/c1-29(2,3)19-8-6-18(7-9-19)28(24-16-30-26-12-10-20(32-4)14-22(24)26)25-17-31-27-13-11-21(33-5)15-23(25)27/h6-17,28,30-31H,1-5H3. The second-order valence-electron chi connectivity index (χ2n) is 9.62. The number of benzene rings is 3. The molecular weight excluding hydrogens is 408 g/mol. The van der Waals surface area contributed by atoms with E-state index in [1.165, 1.54) is 22.3 Å². The minimum absolute atomic E-state index is 0.0423. The molecule has 0 unspecified atom stereocenters. The lowest BCUT2D eigenvalue weighted by molar-refractivity contribution is 0.415. The van der Waals surface area contributed by atoms with Crippen LogP contribution in [0.4, 0.5) is 0 Å². The summed E-state index contributed by atoms with van der Waals surface area (Å²) in [6.45, 7) is 6.74. The smallest absolute Gasteiger partial charge is 0.119 e. The molecule has 0 aliphatic heterocycles. The molecule has 2 N–H and O–H groups in total. The van der Waals surface area contributed by atoms with Gasteiger partial charge in [0.15, 0.2) is 0 Å². The molecule has 5 aromatic rings. The number of aromatic nitrogens is 2. The quantitative estimate of drug-likeness (QED) is 0.306. The van der Waals surface area contributed by atoms with Crippen LogP contribution in [0, 0.1) is 0 Å². The zero-order valence-electron chi connectivity index (χ0n) is 19.8. The Kier molecular flexibility index (Phi) is 5.16. The van der Waals surface area contributed by atoms with Crippen molar-refractivity contribution in [3.63, 3.8) is 0 Å². The van der Waals surface area contributed by atoms with Crippen LogP contribution in [0.2, 0.25) is 0 Å². The van der Waals surface area contributed by atoms with Crippen molar-refractivity contribution in [3.05, 3.63) is 95.3 Å². The summed E-state index contributed by atoms with van der Waals surface area (Å²) in [6, 6.07) is 21.4. The first-order valence-electron chi connectivity index (χ1n) is 11.3. The van der Waals surface area contributed by atoms with E-state index in [0.29, 0.717) is 0 Å². The van der Waals surface area contributed by atoms with E-state index in [2.05, 4.69) is 91.7 Å². The normalized spacial score (nSPS) is 12.1. The molecule has 0 saturated carbocycles. The Morgan fingerprint density at radius 1 is 0.667 bits per heavy atom. The maximum atomic E-state index is 5.54. The molecule has 168 valence electrons. The molecular formula is C29H30N2O2. The highest BCUT2D eigenvalue weighted by molar-refractivity contribution is 5.90. The fraction of sp³-hybridized carbons (Fsp3) is 0.241.